The number of anilines is 1. The van der Waals surface area contributed by atoms with E-state index in [0.29, 0.717) is 18.4 Å². The first kappa shape index (κ1) is 22.1. The Balaban J connectivity index is 1.20. The number of fused-ring (bicyclic) bond motifs is 3. The van der Waals surface area contributed by atoms with Crippen molar-refractivity contribution in [1.82, 2.24) is 9.88 Å². The van der Waals surface area contributed by atoms with Gasteiger partial charge in [-0.05, 0) is 66.6 Å². The normalized spacial score (nSPS) is 19.7. The zero-order valence-electron chi connectivity index (χ0n) is 19.9. The highest BCUT2D eigenvalue weighted by atomic mass is 32.1. The van der Waals surface area contributed by atoms with Gasteiger partial charge in [-0.15, -0.1) is 0 Å². The van der Waals surface area contributed by atoms with E-state index in [-0.39, 0.29) is 5.91 Å². The van der Waals surface area contributed by atoms with E-state index in [4.69, 9.17) is 9.72 Å². The minimum atomic E-state index is 0.137. The number of hydrogen-bond donors (Lipinski definition) is 0. The summed E-state index contributed by atoms with van der Waals surface area (Å²) < 4.78 is 6.82. The Bertz CT molecular complexity index is 1300. The summed E-state index contributed by atoms with van der Waals surface area (Å²) in [5.74, 6) is 1.92. The largest absolute Gasteiger partial charge is 0.494 e. The number of amides is 1. The van der Waals surface area contributed by atoms with Crippen LogP contribution in [0.2, 0.25) is 0 Å². The van der Waals surface area contributed by atoms with Crippen LogP contribution in [-0.4, -0.2) is 48.6 Å². The molecule has 178 valence electrons. The summed E-state index contributed by atoms with van der Waals surface area (Å²) in [5, 5.41) is 1.11. The predicted molar refractivity (Wildman–Crippen MR) is 142 cm³/mol. The van der Waals surface area contributed by atoms with Gasteiger partial charge in [0.05, 0.1) is 16.8 Å². The zero-order chi connectivity index (χ0) is 23.8. The van der Waals surface area contributed by atoms with E-state index in [2.05, 4.69) is 28.0 Å². The zero-order valence-corrected chi connectivity index (χ0v) is 20.7. The second-order valence-electron chi connectivity index (χ2n) is 9.55. The summed E-state index contributed by atoms with van der Waals surface area (Å²) in [7, 11) is 0. The molecule has 0 spiro atoms. The van der Waals surface area contributed by atoms with Crippen molar-refractivity contribution in [1.29, 1.82) is 0 Å². The van der Waals surface area contributed by atoms with Gasteiger partial charge >= 0.3 is 0 Å². The Hall–Kier alpha value is -3.38. The summed E-state index contributed by atoms with van der Waals surface area (Å²) in [6.07, 6.45) is 1.19. The Morgan fingerprint density at radius 1 is 0.943 bits per heavy atom. The maximum absolute atomic E-state index is 13.7. The van der Waals surface area contributed by atoms with E-state index in [9.17, 15) is 4.79 Å². The van der Waals surface area contributed by atoms with E-state index in [0.717, 1.165) is 59.3 Å². The van der Waals surface area contributed by atoms with Crippen LogP contribution in [0.1, 0.15) is 23.7 Å². The minimum absolute atomic E-state index is 0.137. The van der Waals surface area contributed by atoms with Crippen LogP contribution in [-0.2, 0) is 0 Å². The number of hydrogen-bond acceptors (Lipinski definition) is 5. The Morgan fingerprint density at radius 3 is 2.40 bits per heavy atom. The molecule has 2 fully saturated rings. The van der Waals surface area contributed by atoms with Gasteiger partial charge in [0, 0.05) is 31.7 Å². The standard InChI is InChI=1S/C29H29N3O2S/c1-2-34-23-13-11-22(12-14-23)24-7-3-4-8-25(24)28(33)31-16-20-15-21(17-31)19-32(18-20)29-30-26-9-5-6-10-27(26)35-29/h3-14,20-21H,2,15-19H2,1H3. The molecule has 35 heavy (non-hydrogen) atoms. The smallest absolute Gasteiger partial charge is 0.254 e. The van der Waals surface area contributed by atoms with Crippen molar-refractivity contribution in [3.8, 4) is 16.9 Å². The molecular formula is C29H29N3O2S. The lowest BCUT2D eigenvalue weighted by Crippen LogP contribution is -2.54. The summed E-state index contributed by atoms with van der Waals surface area (Å²) >= 11 is 1.78. The summed E-state index contributed by atoms with van der Waals surface area (Å²) in [4.78, 5) is 23.2. The highest BCUT2D eigenvalue weighted by molar-refractivity contribution is 7.22. The topological polar surface area (TPSA) is 45.7 Å². The highest BCUT2D eigenvalue weighted by Gasteiger charge is 2.37. The molecule has 1 aromatic heterocycles. The van der Waals surface area contributed by atoms with Gasteiger partial charge in [0.15, 0.2) is 5.13 Å². The second-order valence-corrected chi connectivity index (χ2v) is 10.6. The van der Waals surface area contributed by atoms with Crippen molar-refractivity contribution < 1.29 is 9.53 Å². The maximum atomic E-state index is 13.7. The lowest BCUT2D eigenvalue weighted by Gasteiger charge is -2.45. The van der Waals surface area contributed by atoms with Crippen molar-refractivity contribution in [3.05, 3.63) is 78.4 Å². The molecule has 2 saturated heterocycles. The van der Waals surface area contributed by atoms with E-state index in [1.54, 1.807) is 11.3 Å². The molecule has 2 bridgehead atoms. The number of benzene rings is 3. The third-order valence-corrected chi connectivity index (χ3v) is 8.15. The number of para-hydroxylation sites is 1. The molecule has 2 atom stereocenters. The van der Waals surface area contributed by atoms with Crippen LogP contribution < -0.4 is 9.64 Å². The molecule has 6 rings (SSSR count). The van der Waals surface area contributed by atoms with Gasteiger partial charge in [-0.2, -0.15) is 0 Å². The van der Waals surface area contributed by atoms with Crippen LogP contribution in [0.25, 0.3) is 21.3 Å². The average Bonchev–Trinajstić information content (AvgIpc) is 3.33. The SMILES string of the molecule is CCOc1ccc(-c2ccccc2C(=O)N2CC3CC(C2)CN(c2nc4ccccc4s2)C3)cc1. The monoisotopic (exact) mass is 483 g/mol. The van der Waals surface area contributed by atoms with E-state index < -0.39 is 0 Å². The van der Waals surface area contributed by atoms with Gasteiger partial charge in [-0.3, -0.25) is 4.79 Å². The number of aromatic nitrogens is 1. The van der Waals surface area contributed by atoms with E-state index in [1.165, 1.54) is 11.1 Å². The number of carbonyl (C=O) groups is 1. The van der Waals surface area contributed by atoms with Crippen molar-refractivity contribution in [2.45, 2.75) is 13.3 Å². The van der Waals surface area contributed by atoms with Crippen LogP contribution in [0.15, 0.2) is 72.8 Å². The van der Waals surface area contributed by atoms with Crippen LogP contribution in [0, 0.1) is 11.8 Å². The first-order valence-corrected chi connectivity index (χ1v) is 13.2. The first-order chi connectivity index (χ1) is 17.2. The van der Waals surface area contributed by atoms with E-state index >= 15 is 0 Å². The van der Waals surface area contributed by atoms with Gasteiger partial charge in [0.2, 0.25) is 0 Å². The summed E-state index contributed by atoms with van der Waals surface area (Å²) in [5.41, 5.74) is 3.87. The summed E-state index contributed by atoms with van der Waals surface area (Å²) in [6, 6.07) is 24.4. The van der Waals surface area contributed by atoms with Crippen molar-refractivity contribution in [3.63, 3.8) is 0 Å². The number of carbonyl (C=O) groups excluding carboxylic acids is 1. The van der Waals surface area contributed by atoms with Crippen molar-refractivity contribution in [2.75, 3.05) is 37.7 Å². The Labute approximate surface area is 210 Å². The number of piperidine rings is 2. The molecule has 2 unspecified atom stereocenters. The van der Waals surface area contributed by atoms with Gasteiger partial charge in [-0.25, -0.2) is 4.98 Å². The summed E-state index contributed by atoms with van der Waals surface area (Å²) in [6.45, 7) is 6.14. The third kappa shape index (κ3) is 4.39. The quantitative estimate of drug-likeness (QED) is 0.351. The molecular weight excluding hydrogens is 454 g/mol. The predicted octanol–water partition coefficient (Wildman–Crippen LogP) is 5.96. The molecule has 4 aromatic rings. The van der Waals surface area contributed by atoms with Crippen LogP contribution in [0.3, 0.4) is 0 Å². The molecule has 0 N–H and O–H groups in total. The molecule has 5 nitrogen and oxygen atoms in total. The Morgan fingerprint density at radius 2 is 1.66 bits per heavy atom. The lowest BCUT2D eigenvalue weighted by molar-refractivity contribution is 0.0565. The molecule has 6 heteroatoms. The third-order valence-electron chi connectivity index (χ3n) is 7.06. The fraction of sp³-hybridized carbons (Fsp3) is 0.310. The molecule has 3 heterocycles. The number of rotatable bonds is 5. The molecule has 0 radical (unpaired) electrons. The van der Waals surface area contributed by atoms with Gasteiger partial charge < -0.3 is 14.5 Å². The fourth-order valence-corrected chi connectivity index (χ4v) is 6.57. The molecule has 2 aliphatic rings. The molecule has 3 aromatic carbocycles. The van der Waals surface area contributed by atoms with Gasteiger partial charge in [0.1, 0.15) is 5.75 Å². The first-order valence-electron chi connectivity index (χ1n) is 12.4. The number of nitrogens with zero attached hydrogens (tertiary/aromatic N) is 3. The average molecular weight is 484 g/mol. The molecule has 2 aliphatic heterocycles. The van der Waals surface area contributed by atoms with Gasteiger partial charge in [-0.1, -0.05) is 53.8 Å². The van der Waals surface area contributed by atoms with Crippen LogP contribution in [0.5, 0.6) is 5.75 Å². The molecule has 0 saturated carbocycles. The lowest BCUT2D eigenvalue weighted by atomic mass is 9.84. The Kier molecular flexibility index (Phi) is 5.90. The molecule has 0 aliphatic carbocycles. The van der Waals surface area contributed by atoms with Crippen LogP contribution in [0.4, 0.5) is 5.13 Å². The molecule has 1 amide bonds. The van der Waals surface area contributed by atoms with Crippen molar-refractivity contribution >= 4 is 32.6 Å². The fourth-order valence-electron chi connectivity index (χ4n) is 5.59. The number of ether oxygens (including phenoxy) is 1. The number of likely N-dealkylation sites (tertiary alicyclic amines) is 1. The van der Waals surface area contributed by atoms with Crippen LogP contribution >= 0.6 is 11.3 Å². The van der Waals surface area contributed by atoms with Crippen molar-refractivity contribution in [2.24, 2.45) is 11.8 Å². The van der Waals surface area contributed by atoms with E-state index in [1.807, 2.05) is 61.5 Å². The minimum Gasteiger partial charge on any atom is -0.494 e. The second kappa shape index (κ2) is 9.34. The van der Waals surface area contributed by atoms with Gasteiger partial charge in [0.25, 0.3) is 5.91 Å². The number of thiazole rings is 1. The maximum Gasteiger partial charge on any atom is 0.254 e. The highest BCUT2D eigenvalue weighted by Crippen LogP contribution is 2.36.